The van der Waals surface area contributed by atoms with Crippen LogP contribution in [-0.2, 0) is 0 Å². The molecule has 0 spiro atoms. The monoisotopic (exact) mass is 254 g/mol. The molecule has 0 aromatic heterocycles. The van der Waals surface area contributed by atoms with Crippen molar-refractivity contribution in [2.24, 2.45) is 5.92 Å². The molecule has 0 heterocycles. The highest BCUT2D eigenvalue weighted by molar-refractivity contribution is 5.43. The average Bonchev–Trinajstić information content (AvgIpc) is 2.30. The molecule has 1 N–H and O–H groups in total. The van der Waals surface area contributed by atoms with E-state index in [-0.39, 0.29) is 23.6 Å². The van der Waals surface area contributed by atoms with Crippen LogP contribution in [0.25, 0.3) is 0 Å². The molecule has 1 aromatic carbocycles. The number of hydrogen-bond donors (Lipinski definition) is 1. The maximum Gasteiger partial charge on any atom is 0.275 e. The molecule has 0 fully saturated rings. The van der Waals surface area contributed by atoms with Gasteiger partial charge in [0.25, 0.3) is 5.69 Å². The van der Waals surface area contributed by atoms with Gasteiger partial charge >= 0.3 is 0 Å². The van der Waals surface area contributed by atoms with Gasteiger partial charge in [0.1, 0.15) is 5.82 Å². The van der Waals surface area contributed by atoms with Gasteiger partial charge in [-0.15, -0.1) is 0 Å². The number of benzene rings is 1. The van der Waals surface area contributed by atoms with Gasteiger partial charge in [0.2, 0.25) is 0 Å². The highest BCUT2D eigenvalue weighted by atomic mass is 19.1. The fourth-order valence-electron chi connectivity index (χ4n) is 2.34. The van der Waals surface area contributed by atoms with E-state index in [1.807, 2.05) is 27.8 Å². The summed E-state index contributed by atoms with van der Waals surface area (Å²) in [5.74, 6) is -0.391. The molecule has 0 amide bonds. The lowest BCUT2D eigenvalue weighted by atomic mass is 9.82. The summed E-state index contributed by atoms with van der Waals surface area (Å²) in [4.78, 5) is 10.5. The summed E-state index contributed by atoms with van der Waals surface area (Å²) in [6.45, 7) is 5.98. The van der Waals surface area contributed by atoms with Crippen molar-refractivity contribution in [3.8, 4) is 0 Å². The maximum atomic E-state index is 13.1. The topological polar surface area (TPSA) is 55.2 Å². The van der Waals surface area contributed by atoms with Crippen molar-refractivity contribution in [2.75, 3.05) is 7.05 Å². The number of nitro benzene ring substituents is 1. The van der Waals surface area contributed by atoms with Gasteiger partial charge in [-0.1, -0.05) is 13.8 Å². The van der Waals surface area contributed by atoms with Gasteiger partial charge in [-0.2, -0.15) is 0 Å². The summed E-state index contributed by atoms with van der Waals surface area (Å²) < 4.78 is 13.1. The van der Waals surface area contributed by atoms with E-state index in [1.54, 1.807) is 0 Å². The second-order valence-corrected chi connectivity index (χ2v) is 4.81. The summed E-state index contributed by atoms with van der Waals surface area (Å²) in [6.07, 6.45) is 0. The minimum absolute atomic E-state index is 0.0315. The molecule has 0 bridgehead atoms. The molecule has 100 valence electrons. The van der Waals surface area contributed by atoms with E-state index in [0.29, 0.717) is 5.56 Å². The summed E-state index contributed by atoms with van der Waals surface area (Å²) >= 11 is 0. The van der Waals surface area contributed by atoms with Crippen molar-refractivity contribution in [1.29, 1.82) is 0 Å². The van der Waals surface area contributed by atoms with E-state index in [0.717, 1.165) is 6.07 Å². The molecule has 5 heteroatoms. The Balaban J connectivity index is 3.31. The molecule has 0 radical (unpaired) electrons. The van der Waals surface area contributed by atoms with Gasteiger partial charge in [0.05, 0.1) is 11.0 Å². The molecule has 0 aliphatic rings. The first-order chi connectivity index (χ1) is 8.38. The third-order valence-corrected chi connectivity index (χ3v) is 3.26. The minimum Gasteiger partial charge on any atom is -0.317 e. The van der Waals surface area contributed by atoms with Gasteiger partial charge in [-0.3, -0.25) is 10.1 Å². The lowest BCUT2D eigenvalue weighted by Crippen LogP contribution is -2.32. The average molecular weight is 254 g/mol. The number of nitrogens with zero attached hydrogens (tertiary/aromatic N) is 1. The molecular formula is C13H19FN2O2. The Morgan fingerprint density at radius 2 is 1.94 bits per heavy atom. The predicted octanol–water partition coefficient (Wildman–Crippen LogP) is 3.08. The highest BCUT2D eigenvalue weighted by Crippen LogP contribution is 2.34. The summed E-state index contributed by atoms with van der Waals surface area (Å²) in [6, 6.07) is 3.87. The Hall–Kier alpha value is -1.49. The molecule has 0 aliphatic heterocycles. The van der Waals surface area contributed by atoms with Crippen LogP contribution in [-0.4, -0.2) is 18.0 Å². The molecular weight excluding hydrogens is 235 g/mol. The second kappa shape index (κ2) is 5.91. The summed E-state index contributed by atoms with van der Waals surface area (Å²) in [5, 5.41) is 14.1. The molecule has 2 atom stereocenters. The van der Waals surface area contributed by atoms with Gasteiger partial charge < -0.3 is 5.32 Å². The van der Waals surface area contributed by atoms with Crippen LogP contribution < -0.4 is 5.32 Å². The fraction of sp³-hybridized carbons (Fsp3) is 0.538. The van der Waals surface area contributed by atoms with E-state index in [9.17, 15) is 14.5 Å². The maximum absolute atomic E-state index is 13.1. The van der Waals surface area contributed by atoms with Crippen LogP contribution in [0.4, 0.5) is 10.1 Å². The van der Waals surface area contributed by atoms with Gasteiger partial charge in [-0.05, 0) is 32.0 Å². The molecule has 0 saturated heterocycles. The first kappa shape index (κ1) is 14.6. The Kier molecular flexibility index (Phi) is 4.78. The van der Waals surface area contributed by atoms with E-state index in [1.165, 1.54) is 12.1 Å². The molecule has 1 rings (SSSR count). The fourth-order valence-corrected chi connectivity index (χ4v) is 2.34. The number of nitrogens with one attached hydrogen (secondary N) is 1. The van der Waals surface area contributed by atoms with Crippen LogP contribution in [0, 0.1) is 21.8 Å². The van der Waals surface area contributed by atoms with E-state index in [4.69, 9.17) is 0 Å². The first-order valence-electron chi connectivity index (χ1n) is 5.99. The normalized spacial score (nSPS) is 14.6. The Morgan fingerprint density at radius 3 is 2.39 bits per heavy atom. The van der Waals surface area contributed by atoms with Crippen LogP contribution in [0.5, 0.6) is 0 Å². The zero-order chi connectivity index (χ0) is 13.9. The van der Waals surface area contributed by atoms with E-state index >= 15 is 0 Å². The summed E-state index contributed by atoms with van der Waals surface area (Å²) in [7, 11) is 1.81. The van der Waals surface area contributed by atoms with Gasteiger partial charge in [0, 0.05) is 17.5 Å². The lowest BCUT2D eigenvalue weighted by Gasteiger charge is -2.27. The zero-order valence-corrected chi connectivity index (χ0v) is 11.1. The van der Waals surface area contributed by atoms with Crippen LogP contribution in [0.2, 0.25) is 0 Å². The number of halogens is 1. The molecule has 2 unspecified atom stereocenters. The van der Waals surface area contributed by atoms with E-state index in [2.05, 4.69) is 5.32 Å². The van der Waals surface area contributed by atoms with Crippen LogP contribution in [0.1, 0.15) is 32.3 Å². The molecule has 1 aromatic rings. The van der Waals surface area contributed by atoms with Crippen LogP contribution in [0.3, 0.4) is 0 Å². The highest BCUT2D eigenvalue weighted by Gasteiger charge is 2.28. The number of nitro groups is 1. The molecule has 4 nitrogen and oxygen atoms in total. The smallest absolute Gasteiger partial charge is 0.275 e. The zero-order valence-electron chi connectivity index (χ0n) is 11.1. The minimum atomic E-state index is -0.579. The third-order valence-electron chi connectivity index (χ3n) is 3.26. The second-order valence-electron chi connectivity index (χ2n) is 4.81. The lowest BCUT2D eigenvalue weighted by molar-refractivity contribution is -0.386. The standard InChI is InChI=1S/C13H19FN2O2/c1-8(2)13(9(3)15-4)11-6-5-10(14)7-12(11)16(17)18/h5-9,13,15H,1-4H3. The third kappa shape index (κ3) is 3.04. The van der Waals surface area contributed by atoms with Crippen molar-refractivity contribution in [2.45, 2.75) is 32.7 Å². The Bertz CT molecular complexity index is 435. The number of hydrogen-bond acceptors (Lipinski definition) is 3. The van der Waals surface area contributed by atoms with Crippen LogP contribution in [0.15, 0.2) is 18.2 Å². The SMILES string of the molecule is CNC(C)C(c1ccc(F)cc1[N+](=O)[O-])C(C)C. The van der Waals surface area contributed by atoms with Crippen molar-refractivity contribution in [3.05, 3.63) is 39.7 Å². The number of rotatable bonds is 5. The largest absolute Gasteiger partial charge is 0.317 e. The van der Waals surface area contributed by atoms with E-state index < -0.39 is 10.7 Å². The van der Waals surface area contributed by atoms with Crippen molar-refractivity contribution >= 4 is 5.69 Å². The number of likely N-dealkylation sites (N-methyl/N-ethyl adjacent to an activating group) is 1. The van der Waals surface area contributed by atoms with Crippen molar-refractivity contribution < 1.29 is 9.31 Å². The first-order valence-corrected chi connectivity index (χ1v) is 5.99. The Morgan fingerprint density at radius 1 is 1.33 bits per heavy atom. The van der Waals surface area contributed by atoms with Crippen LogP contribution >= 0.6 is 0 Å². The summed E-state index contributed by atoms with van der Waals surface area (Å²) in [5.41, 5.74) is 0.439. The predicted molar refractivity (Wildman–Crippen MR) is 69.2 cm³/mol. The van der Waals surface area contributed by atoms with Gasteiger partial charge in [-0.25, -0.2) is 4.39 Å². The quantitative estimate of drug-likeness (QED) is 0.649. The van der Waals surface area contributed by atoms with Crippen molar-refractivity contribution in [3.63, 3.8) is 0 Å². The van der Waals surface area contributed by atoms with Crippen molar-refractivity contribution in [1.82, 2.24) is 5.32 Å². The molecule has 18 heavy (non-hydrogen) atoms. The van der Waals surface area contributed by atoms with Gasteiger partial charge in [0.15, 0.2) is 0 Å². The molecule has 0 aliphatic carbocycles. The molecule has 0 saturated carbocycles. The Labute approximate surface area is 106 Å².